The fraction of sp³-hybridized carbons (Fsp3) is 0.455. The number of nitrogens with two attached hydrogens (primary N) is 1. The van der Waals surface area contributed by atoms with Gasteiger partial charge in [-0.05, 0) is 36.1 Å². The van der Waals surface area contributed by atoms with E-state index in [2.05, 4.69) is 6.92 Å². The molecule has 0 radical (unpaired) electrons. The minimum absolute atomic E-state index is 0.198. The number of rotatable bonds is 6. The van der Waals surface area contributed by atoms with Gasteiger partial charge in [0.1, 0.15) is 0 Å². The summed E-state index contributed by atoms with van der Waals surface area (Å²) < 4.78 is 23.8. The van der Waals surface area contributed by atoms with Gasteiger partial charge < -0.3 is 5.73 Å². The molecule has 0 aromatic heterocycles. The molecule has 0 heterocycles. The number of benzene rings is 1. The number of nitrogen functional groups attached to an aromatic ring is 1. The summed E-state index contributed by atoms with van der Waals surface area (Å²) in [5.41, 5.74) is 6.05. The molecular formula is C11H17NO2S2. The smallest absolute Gasteiger partial charge is 0.178 e. The van der Waals surface area contributed by atoms with E-state index in [1.165, 1.54) is 6.07 Å². The molecule has 1 rings (SSSR count). The summed E-state index contributed by atoms with van der Waals surface area (Å²) in [4.78, 5) is 0.328. The van der Waals surface area contributed by atoms with Crippen LogP contribution in [0.2, 0.25) is 0 Å². The van der Waals surface area contributed by atoms with E-state index in [4.69, 9.17) is 5.73 Å². The maximum Gasteiger partial charge on any atom is 0.178 e. The number of hydrogen-bond acceptors (Lipinski definition) is 4. The van der Waals surface area contributed by atoms with E-state index in [1.54, 1.807) is 30.0 Å². The number of sulfone groups is 1. The van der Waals surface area contributed by atoms with E-state index in [0.29, 0.717) is 17.0 Å². The summed E-state index contributed by atoms with van der Waals surface area (Å²) in [5.74, 6) is 2.11. The summed E-state index contributed by atoms with van der Waals surface area (Å²) in [6, 6.07) is 6.47. The molecule has 0 fully saturated rings. The topological polar surface area (TPSA) is 60.2 Å². The number of hydrogen-bond donors (Lipinski definition) is 1. The maximum atomic E-state index is 11.9. The van der Waals surface area contributed by atoms with Gasteiger partial charge >= 0.3 is 0 Å². The minimum atomic E-state index is -3.16. The van der Waals surface area contributed by atoms with Crippen molar-refractivity contribution in [1.82, 2.24) is 0 Å². The molecule has 0 spiro atoms. The normalized spacial score (nSPS) is 11.6. The van der Waals surface area contributed by atoms with Gasteiger partial charge in [-0.1, -0.05) is 13.0 Å². The van der Waals surface area contributed by atoms with Crippen LogP contribution in [0.5, 0.6) is 0 Å². The summed E-state index contributed by atoms with van der Waals surface area (Å²) in [5, 5.41) is 0. The van der Waals surface area contributed by atoms with Crippen molar-refractivity contribution >= 4 is 27.3 Å². The zero-order chi connectivity index (χ0) is 12.0. The lowest BCUT2D eigenvalue weighted by Gasteiger charge is -2.04. The molecule has 5 heteroatoms. The van der Waals surface area contributed by atoms with Crippen LogP contribution in [0.25, 0.3) is 0 Å². The zero-order valence-corrected chi connectivity index (χ0v) is 11.0. The van der Waals surface area contributed by atoms with E-state index >= 15 is 0 Å². The lowest BCUT2D eigenvalue weighted by Crippen LogP contribution is -2.08. The van der Waals surface area contributed by atoms with E-state index < -0.39 is 9.84 Å². The molecule has 0 aliphatic carbocycles. The maximum absolute atomic E-state index is 11.9. The van der Waals surface area contributed by atoms with E-state index in [9.17, 15) is 8.42 Å². The molecule has 0 bridgehead atoms. The van der Waals surface area contributed by atoms with Crippen molar-refractivity contribution in [2.24, 2.45) is 0 Å². The first kappa shape index (κ1) is 13.4. The Morgan fingerprint density at radius 3 is 2.75 bits per heavy atom. The molecule has 1 aromatic carbocycles. The van der Waals surface area contributed by atoms with Crippen molar-refractivity contribution in [3.8, 4) is 0 Å². The second-order valence-electron chi connectivity index (χ2n) is 3.44. The Labute approximate surface area is 101 Å². The fourth-order valence-corrected chi connectivity index (χ4v) is 3.50. The van der Waals surface area contributed by atoms with Gasteiger partial charge in [0, 0.05) is 5.69 Å². The second kappa shape index (κ2) is 6.15. The van der Waals surface area contributed by atoms with Gasteiger partial charge in [0.05, 0.1) is 10.6 Å². The van der Waals surface area contributed by atoms with Gasteiger partial charge in [0.2, 0.25) is 0 Å². The minimum Gasteiger partial charge on any atom is -0.399 e. The standard InChI is InChI=1S/C11H17NO2S2/c1-2-15-7-4-8-16(13,14)11-6-3-5-10(12)9-11/h3,5-6,9H,2,4,7-8,12H2,1H3. The highest BCUT2D eigenvalue weighted by atomic mass is 32.2. The van der Waals surface area contributed by atoms with Gasteiger partial charge in [-0.25, -0.2) is 8.42 Å². The fourth-order valence-electron chi connectivity index (χ4n) is 1.32. The lowest BCUT2D eigenvalue weighted by molar-refractivity contribution is 0.595. The molecule has 0 saturated carbocycles. The predicted molar refractivity (Wildman–Crippen MR) is 70.5 cm³/mol. The number of thioether (sulfide) groups is 1. The van der Waals surface area contributed by atoms with Crippen molar-refractivity contribution in [3.63, 3.8) is 0 Å². The van der Waals surface area contributed by atoms with Crippen LogP contribution in [-0.4, -0.2) is 25.7 Å². The Hall–Kier alpha value is -0.680. The Morgan fingerprint density at radius 2 is 2.12 bits per heavy atom. The quantitative estimate of drug-likeness (QED) is 0.628. The van der Waals surface area contributed by atoms with Gasteiger partial charge in [-0.15, -0.1) is 0 Å². The van der Waals surface area contributed by atoms with Gasteiger partial charge in [0.25, 0.3) is 0 Å². The molecule has 0 aliphatic heterocycles. The second-order valence-corrected chi connectivity index (χ2v) is 6.94. The monoisotopic (exact) mass is 259 g/mol. The highest BCUT2D eigenvalue weighted by Crippen LogP contribution is 2.16. The van der Waals surface area contributed by atoms with Crippen LogP contribution in [0, 0.1) is 0 Å². The number of anilines is 1. The molecule has 0 unspecified atom stereocenters. The van der Waals surface area contributed by atoms with Gasteiger partial charge in [-0.2, -0.15) is 11.8 Å². The highest BCUT2D eigenvalue weighted by Gasteiger charge is 2.13. The first-order chi connectivity index (χ1) is 7.56. The predicted octanol–water partition coefficient (Wildman–Crippen LogP) is 2.19. The third kappa shape index (κ3) is 4.06. The molecule has 2 N–H and O–H groups in total. The average molecular weight is 259 g/mol. The first-order valence-electron chi connectivity index (χ1n) is 5.22. The molecule has 90 valence electrons. The van der Waals surface area contributed by atoms with Crippen molar-refractivity contribution in [3.05, 3.63) is 24.3 Å². The summed E-state index contributed by atoms with van der Waals surface area (Å²) in [7, 11) is -3.16. The van der Waals surface area contributed by atoms with Crippen molar-refractivity contribution in [2.45, 2.75) is 18.2 Å². The highest BCUT2D eigenvalue weighted by molar-refractivity contribution is 7.99. The van der Waals surface area contributed by atoms with Crippen LogP contribution in [0.4, 0.5) is 5.69 Å². The largest absolute Gasteiger partial charge is 0.399 e. The third-order valence-electron chi connectivity index (χ3n) is 2.12. The molecule has 0 aliphatic rings. The van der Waals surface area contributed by atoms with Crippen LogP contribution in [0.3, 0.4) is 0 Å². The average Bonchev–Trinajstić information content (AvgIpc) is 2.24. The SMILES string of the molecule is CCSCCCS(=O)(=O)c1cccc(N)c1. The van der Waals surface area contributed by atoms with E-state index in [1.807, 2.05) is 0 Å². The Kier molecular flexibility index (Phi) is 5.15. The summed E-state index contributed by atoms with van der Waals surface area (Å²) in [6.07, 6.45) is 0.690. The molecular weight excluding hydrogens is 242 g/mol. The lowest BCUT2D eigenvalue weighted by atomic mass is 10.3. The van der Waals surface area contributed by atoms with Crippen LogP contribution in [-0.2, 0) is 9.84 Å². The van der Waals surface area contributed by atoms with E-state index in [-0.39, 0.29) is 5.75 Å². The Balaban J connectivity index is 2.64. The van der Waals surface area contributed by atoms with Gasteiger partial charge in [0.15, 0.2) is 9.84 Å². The van der Waals surface area contributed by atoms with Crippen LogP contribution in [0.15, 0.2) is 29.2 Å². The van der Waals surface area contributed by atoms with Crippen molar-refractivity contribution in [2.75, 3.05) is 23.0 Å². The summed E-state index contributed by atoms with van der Waals surface area (Å²) in [6.45, 7) is 2.07. The third-order valence-corrected chi connectivity index (χ3v) is 4.91. The molecule has 1 aromatic rings. The Bertz CT molecular complexity index is 429. The van der Waals surface area contributed by atoms with Crippen molar-refractivity contribution in [1.29, 1.82) is 0 Å². The summed E-state index contributed by atoms with van der Waals surface area (Å²) >= 11 is 1.76. The molecule has 3 nitrogen and oxygen atoms in total. The van der Waals surface area contributed by atoms with Crippen LogP contribution in [0.1, 0.15) is 13.3 Å². The molecule has 0 saturated heterocycles. The van der Waals surface area contributed by atoms with Crippen LogP contribution >= 0.6 is 11.8 Å². The molecule has 0 amide bonds. The molecule has 0 atom stereocenters. The zero-order valence-electron chi connectivity index (χ0n) is 9.35. The van der Waals surface area contributed by atoms with Gasteiger partial charge in [-0.3, -0.25) is 0 Å². The Morgan fingerprint density at radius 1 is 1.38 bits per heavy atom. The van der Waals surface area contributed by atoms with Crippen LogP contribution < -0.4 is 5.73 Å². The van der Waals surface area contributed by atoms with Crippen molar-refractivity contribution < 1.29 is 8.42 Å². The van der Waals surface area contributed by atoms with E-state index in [0.717, 1.165) is 11.5 Å². The molecule has 16 heavy (non-hydrogen) atoms. The first-order valence-corrected chi connectivity index (χ1v) is 8.03.